The van der Waals surface area contributed by atoms with Crippen LogP contribution in [0.2, 0.25) is 0 Å². The number of para-hydroxylation sites is 1. The van der Waals surface area contributed by atoms with E-state index in [4.69, 9.17) is 20.2 Å². The van der Waals surface area contributed by atoms with Crippen molar-refractivity contribution in [3.63, 3.8) is 0 Å². The minimum atomic E-state index is -0.0948. The zero-order chi connectivity index (χ0) is 21.1. The van der Waals surface area contributed by atoms with Crippen LogP contribution in [0.5, 0.6) is 11.5 Å². The lowest BCUT2D eigenvalue weighted by molar-refractivity contribution is 0.0955. The minimum absolute atomic E-state index is 0.0948. The van der Waals surface area contributed by atoms with Gasteiger partial charge in [-0.1, -0.05) is 24.3 Å². The molecule has 0 radical (unpaired) electrons. The van der Waals surface area contributed by atoms with Gasteiger partial charge in [0.15, 0.2) is 11.5 Å². The molecular formula is C24H25N3O3. The SMILES string of the molecule is COc1ccc(/C=C2\CCc3c2nc2ccccc2c3C(=O)NCCN)cc1OC. The quantitative estimate of drug-likeness (QED) is 0.659. The fraction of sp³-hybridized carbons (Fsp3) is 0.250. The van der Waals surface area contributed by atoms with Crippen LogP contribution in [0.15, 0.2) is 42.5 Å². The zero-order valence-electron chi connectivity index (χ0n) is 17.2. The molecule has 6 heteroatoms. The van der Waals surface area contributed by atoms with Gasteiger partial charge in [-0.3, -0.25) is 4.79 Å². The van der Waals surface area contributed by atoms with Gasteiger partial charge in [-0.15, -0.1) is 0 Å². The van der Waals surface area contributed by atoms with Crippen LogP contribution >= 0.6 is 0 Å². The van der Waals surface area contributed by atoms with Crippen molar-refractivity contribution >= 4 is 28.5 Å². The number of carbonyl (C=O) groups excluding carboxylic acids is 1. The highest BCUT2D eigenvalue weighted by atomic mass is 16.5. The molecule has 0 spiro atoms. The number of methoxy groups -OCH3 is 2. The van der Waals surface area contributed by atoms with Gasteiger partial charge in [-0.25, -0.2) is 4.98 Å². The number of pyridine rings is 1. The molecule has 4 rings (SSSR count). The van der Waals surface area contributed by atoms with Gasteiger partial charge < -0.3 is 20.5 Å². The number of nitrogens with zero attached hydrogens (tertiary/aromatic N) is 1. The van der Waals surface area contributed by atoms with Gasteiger partial charge in [-0.05, 0) is 53.8 Å². The van der Waals surface area contributed by atoms with E-state index in [0.29, 0.717) is 30.2 Å². The first-order valence-electron chi connectivity index (χ1n) is 9.99. The summed E-state index contributed by atoms with van der Waals surface area (Å²) in [6, 6.07) is 13.6. The van der Waals surface area contributed by atoms with Crippen molar-refractivity contribution in [2.45, 2.75) is 12.8 Å². The summed E-state index contributed by atoms with van der Waals surface area (Å²) >= 11 is 0. The highest BCUT2D eigenvalue weighted by molar-refractivity contribution is 6.09. The van der Waals surface area contributed by atoms with Gasteiger partial charge in [-0.2, -0.15) is 0 Å². The molecule has 154 valence electrons. The lowest BCUT2D eigenvalue weighted by Crippen LogP contribution is -2.30. The van der Waals surface area contributed by atoms with E-state index < -0.39 is 0 Å². The van der Waals surface area contributed by atoms with Crippen molar-refractivity contribution in [1.29, 1.82) is 0 Å². The van der Waals surface area contributed by atoms with Gasteiger partial charge in [0.1, 0.15) is 0 Å². The number of benzene rings is 2. The van der Waals surface area contributed by atoms with Gasteiger partial charge in [0.25, 0.3) is 5.91 Å². The Labute approximate surface area is 175 Å². The Bertz CT molecular complexity index is 1140. The van der Waals surface area contributed by atoms with E-state index in [1.807, 2.05) is 42.5 Å². The summed E-state index contributed by atoms with van der Waals surface area (Å²) in [7, 11) is 3.25. The third kappa shape index (κ3) is 3.62. The zero-order valence-corrected chi connectivity index (χ0v) is 17.2. The lowest BCUT2D eigenvalue weighted by atomic mass is 10.00. The Morgan fingerprint density at radius 3 is 2.70 bits per heavy atom. The summed E-state index contributed by atoms with van der Waals surface area (Å²) in [4.78, 5) is 17.9. The number of allylic oxidation sites excluding steroid dienone is 1. The van der Waals surface area contributed by atoms with Crippen molar-refractivity contribution in [2.24, 2.45) is 5.73 Å². The van der Waals surface area contributed by atoms with Crippen LogP contribution in [0, 0.1) is 0 Å². The Morgan fingerprint density at radius 2 is 1.93 bits per heavy atom. The Hall–Kier alpha value is -3.38. The Balaban J connectivity index is 1.82. The van der Waals surface area contributed by atoms with Crippen molar-refractivity contribution in [1.82, 2.24) is 10.3 Å². The maximum absolute atomic E-state index is 13.0. The number of ether oxygens (including phenoxy) is 2. The average molecular weight is 403 g/mol. The molecule has 3 N–H and O–H groups in total. The summed E-state index contributed by atoms with van der Waals surface area (Å²) in [5, 5.41) is 3.79. The van der Waals surface area contributed by atoms with Crippen molar-refractivity contribution in [3.05, 3.63) is 64.8 Å². The van der Waals surface area contributed by atoms with Gasteiger partial charge in [0, 0.05) is 18.5 Å². The summed E-state index contributed by atoms with van der Waals surface area (Å²) < 4.78 is 10.8. The number of amides is 1. The van der Waals surface area contributed by atoms with E-state index >= 15 is 0 Å². The normalized spacial score (nSPS) is 14.0. The molecule has 2 aromatic carbocycles. The maximum Gasteiger partial charge on any atom is 0.252 e. The first-order chi connectivity index (χ1) is 14.7. The molecule has 0 aliphatic heterocycles. The second-order valence-electron chi connectivity index (χ2n) is 7.16. The third-order valence-electron chi connectivity index (χ3n) is 5.35. The maximum atomic E-state index is 13.0. The van der Waals surface area contributed by atoms with E-state index in [1.54, 1.807) is 14.2 Å². The predicted molar refractivity (Wildman–Crippen MR) is 119 cm³/mol. The molecule has 0 unspecified atom stereocenters. The second kappa shape index (κ2) is 8.55. The largest absolute Gasteiger partial charge is 0.493 e. The number of hydrogen-bond acceptors (Lipinski definition) is 5. The fourth-order valence-corrected chi connectivity index (χ4v) is 3.96. The number of carbonyl (C=O) groups is 1. The van der Waals surface area contributed by atoms with E-state index in [2.05, 4.69) is 11.4 Å². The van der Waals surface area contributed by atoms with Crippen molar-refractivity contribution < 1.29 is 14.3 Å². The molecule has 3 aromatic rings. The third-order valence-corrected chi connectivity index (χ3v) is 5.35. The summed E-state index contributed by atoms with van der Waals surface area (Å²) in [5.41, 5.74) is 11.1. The monoisotopic (exact) mass is 403 g/mol. The molecule has 30 heavy (non-hydrogen) atoms. The van der Waals surface area contributed by atoms with E-state index in [9.17, 15) is 4.79 Å². The molecule has 0 atom stereocenters. The second-order valence-corrected chi connectivity index (χ2v) is 7.16. The standard InChI is InChI=1S/C24H25N3O3/c1-29-20-10-7-15(14-21(20)30-2)13-16-8-9-18-22(24(28)26-12-11-25)17-5-3-4-6-19(17)27-23(16)18/h3-7,10,13-14H,8-9,11-12,25H2,1-2H3,(H,26,28)/b16-13+. The number of hydrogen-bond donors (Lipinski definition) is 2. The van der Waals surface area contributed by atoms with Crippen molar-refractivity contribution in [3.8, 4) is 11.5 Å². The average Bonchev–Trinajstić information content (AvgIpc) is 3.17. The number of fused-ring (bicyclic) bond motifs is 2. The first kappa shape index (κ1) is 19.9. The predicted octanol–water partition coefficient (Wildman–Crippen LogP) is 3.43. The summed E-state index contributed by atoms with van der Waals surface area (Å²) in [6.45, 7) is 0.847. The molecule has 6 nitrogen and oxygen atoms in total. The van der Waals surface area contributed by atoms with Gasteiger partial charge >= 0.3 is 0 Å². The number of nitrogens with two attached hydrogens (primary N) is 1. The molecule has 0 bridgehead atoms. The highest BCUT2D eigenvalue weighted by Gasteiger charge is 2.26. The highest BCUT2D eigenvalue weighted by Crippen LogP contribution is 2.38. The Morgan fingerprint density at radius 1 is 1.13 bits per heavy atom. The van der Waals surface area contributed by atoms with Crippen LogP contribution in [0.4, 0.5) is 0 Å². The molecule has 0 saturated carbocycles. The smallest absolute Gasteiger partial charge is 0.252 e. The van der Waals surface area contributed by atoms with E-state index in [0.717, 1.165) is 46.1 Å². The first-order valence-corrected chi connectivity index (χ1v) is 9.99. The Kier molecular flexibility index (Phi) is 5.68. The molecule has 1 heterocycles. The van der Waals surface area contributed by atoms with Crippen LogP contribution in [0.3, 0.4) is 0 Å². The van der Waals surface area contributed by atoms with Gasteiger partial charge in [0.2, 0.25) is 0 Å². The molecular weight excluding hydrogens is 378 g/mol. The van der Waals surface area contributed by atoms with Crippen LogP contribution < -0.4 is 20.5 Å². The number of nitrogens with one attached hydrogen (secondary N) is 1. The van der Waals surface area contributed by atoms with E-state index in [1.165, 1.54) is 0 Å². The molecule has 0 saturated heterocycles. The molecule has 0 fully saturated rings. The lowest BCUT2D eigenvalue weighted by Gasteiger charge is -2.13. The topological polar surface area (TPSA) is 86.5 Å². The molecule has 1 aromatic heterocycles. The number of rotatable bonds is 6. The number of aromatic nitrogens is 1. The summed E-state index contributed by atoms with van der Waals surface area (Å²) in [6.07, 6.45) is 3.71. The fourth-order valence-electron chi connectivity index (χ4n) is 3.96. The molecule has 1 amide bonds. The van der Waals surface area contributed by atoms with Gasteiger partial charge in [0.05, 0.1) is 31.0 Å². The summed E-state index contributed by atoms with van der Waals surface area (Å²) in [5.74, 6) is 1.27. The van der Waals surface area contributed by atoms with Crippen LogP contribution in [-0.4, -0.2) is 38.2 Å². The van der Waals surface area contributed by atoms with Crippen LogP contribution in [0.25, 0.3) is 22.6 Å². The van der Waals surface area contributed by atoms with Crippen LogP contribution in [0.1, 0.15) is 33.6 Å². The molecule has 1 aliphatic rings. The van der Waals surface area contributed by atoms with Crippen LogP contribution in [-0.2, 0) is 6.42 Å². The van der Waals surface area contributed by atoms with Crippen molar-refractivity contribution in [2.75, 3.05) is 27.3 Å². The minimum Gasteiger partial charge on any atom is -0.493 e. The molecule has 1 aliphatic carbocycles. The van der Waals surface area contributed by atoms with E-state index in [-0.39, 0.29) is 5.91 Å².